The third-order valence-corrected chi connectivity index (χ3v) is 3.22. The molecule has 22 heavy (non-hydrogen) atoms. The van der Waals surface area contributed by atoms with E-state index in [2.05, 4.69) is 23.2 Å². The van der Waals surface area contributed by atoms with Crippen molar-refractivity contribution in [2.24, 2.45) is 0 Å². The predicted molar refractivity (Wildman–Crippen MR) is 85.2 cm³/mol. The van der Waals surface area contributed by atoms with Crippen LogP contribution in [0.1, 0.15) is 11.1 Å². The molecule has 3 rings (SSSR count). The van der Waals surface area contributed by atoms with Crippen LogP contribution >= 0.6 is 0 Å². The number of ether oxygens (including phenoxy) is 1. The molecular formula is C17H18N2O3. The molecule has 1 aromatic heterocycles. The second kappa shape index (κ2) is 7.26. The normalized spacial score (nSPS) is 9.91. The SMILES string of the molecule is COc1ccc(CC(=O)O)cc1.Cc1cccc2[nH]ncc12. The fraction of sp³-hybridized carbons (Fsp3) is 0.176. The maximum atomic E-state index is 10.3. The molecule has 0 aliphatic carbocycles. The standard InChI is InChI=1S/C9H10O3.C8H8N2/c1-12-8-4-2-7(3-5-8)6-9(10)11;1-6-3-2-4-8-7(6)5-9-10-8/h2-5H,6H2,1H3,(H,10,11);2-5H,1H3,(H,9,10). The van der Waals surface area contributed by atoms with Gasteiger partial charge in [0.05, 0.1) is 25.2 Å². The maximum Gasteiger partial charge on any atom is 0.307 e. The molecule has 0 saturated carbocycles. The number of carboxylic acid groups (broad SMARTS) is 1. The van der Waals surface area contributed by atoms with Gasteiger partial charge in [-0.2, -0.15) is 5.10 Å². The highest BCUT2D eigenvalue weighted by atomic mass is 16.5. The number of fused-ring (bicyclic) bond motifs is 1. The second-order valence-corrected chi connectivity index (χ2v) is 4.82. The molecule has 1 heterocycles. The number of hydrogen-bond acceptors (Lipinski definition) is 3. The molecule has 5 heteroatoms. The van der Waals surface area contributed by atoms with Gasteiger partial charge in [-0.15, -0.1) is 0 Å². The van der Waals surface area contributed by atoms with Crippen LogP contribution in [0.15, 0.2) is 48.7 Å². The van der Waals surface area contributed by atoms with Crippen molar-refractivity contribution in [3.63, 3.8) is 0 Å². The number of aromatic amines is 1. The summed E-state index contributed by atoms with van der Waals surface area (Å²) in [5, 5.41) is 16.5. The Labute approximate surface area is 128 Å². The number of rotatable bonds is 3. The highest BCUT2D eigenvalue weighted by Crippen LogP contribution is 2.13. The minimum Gasteiger partial charge on any atom is -0.497 e. The van der Waals surface area contributed by atoms with Crippen molar-refractivity contribution >= 4 is 16.9 Å². The summed E-state index contributed by atoms with van der Waals surface area (Å²) in [6.45, 7) is 2.08. The summed E-state index contributed by atoms with van der Waals surface area (Å²) in [5.74, 6) is -0.0793. The number of aliphatic carboxylic acids is 1. The number of aryl methyl sites for hydroxylation is 1. The van der Waals surface area contributed by atoms with E-state index in [-0.39, 0.29) is 6.42 Å². The molecule has 0 spiro atoms. The third-order valence-electron chi connectivity index (χ3n) is 3.22. The number of hydrogen-bond donors (Lipinski definition) is 2. The summed E-state index contributed by atoms with van der Waals surface area (Å²) >= 11 is 0. The average Bonchev–Trinajstić information content (AvgIpc) is 2.98. The first-order valence-electron chi connectivity index (χ1n) is 6.83. The summed E-state index contributed by atoms with van der Waals surface area (Å²) in [4.78, 5) is 10.3. The number of nitrogens with zero attached hydrogens (tertiary/aromatic N) is 1. The van der Waals surface area contributed by atoms with E-state index in [0.29, 0.717) is 0 Å². The summed E-state index contributed by atoms with van der Waals surface area (Å²) < 4.78 is 4.93. The van der Waals surface area contributed by atoms with Gasteiger partial charge in [0, 0.05) is 5.39 Å². The number of nitrogens with one attached hydrogen (secondary N) is 1. The minimum absolute atomic E-state index is 0.0595. The molecule has 0 aliphatic rings. The molecule has 0 radical (unpaired) electrons. The summed E-state index contributed by atoms with van der Waals surface area (Å²) in [7, 11) is 1.58. The maximum absolute atomic E-state index is 10.3. The molecule has 0 unspecified atom stereocenters. The van der Waals surface area contributed by atoms with Gasteiger partial charge in [-0.05, 0) is 36.2 Å². The fourth-order valence-corrected chi connectivity index (χ4v) is 2.03. The number of methoxy groups -OCH3 is 1. The van der Waals surface area contributed by atoms with E-state index in [9.17, 15) is 4.79 Å². The Hall–Kier alpha value is -2.82. The van der Waals surface area contributed by atoms with Crippen molar-refractivity contribution in [1.82, 2.24) is 10.2 Å². The van der Waals surface area contributed by atoms with Gasteiger partial charge in [0.15, 0.2) is 0 Å². The van der Waals surface area contributed by atoms with Crippen molar-refractivity contribution in [3.8, 4) is 5.75 Å². The summed E-state index contributed by atoms with van der Waals surface area (Å²) in [6, 6.07) is 13.1. The molecular weight excluding hydrogens is 280 g/mol. The largest absolute Gasteiger partial charge is 0.497 e. The van der Waals surface area contributed by atoms with Gasteiger partial charge in [0.1, 0.15) is 5.75 Å². The number of benzene rings is 2. The molecule has 114 valence electrons. The molecule has 5 nitrogen and oxygen atoms in total. The molecule has 2 N–H and O–H groups in total. The van der Waals surface area contributed by atoms with Crippen molar-refractivity contribution in [2.45, 2.75) is 13.3 Å². The Bertz CT molecular complexity index is 748. The van der Waals surface area contributed by atoms with Crippen LogP contribution in [-0.4, -0.2) is 28.4 Å². The van der Waals surface area contributed by atoms with E-state index in [4.69, 9.17) is 9.84 Å². The monoisotopic (exact) mass is 298 g/mol. The van der Waals surface area contributed by atoms with Crippen molar-refractivity contribution in [3.05, 3.63) is 59.8 Å². The molecule has 0 aliphatic heterocycles. The van der Waals surface area contributed by atoms with Crippen LogP contribution in [0.4, 0.5) is 0 Å². The Morgan fingerprint density at radius 1 is 1.23 bits per heavy atom. The lowest BCUT2D eigenvalue weighted by Crippen LogP contribution is -1.99. The van der Waals surface area contributed by atoms with Crippen LogP contribution in [0.2, 0.25) is 0 Å². The summed E-state index contributed by atoms with van der Waals surface area (Å²) in [6.07, 6.45) is 1.91. The molecule has 0 amide bonds. The van der Waals surface area contributed by atoms with Crippen LogP contribution in [0.3, 0.4) is 0 Å². The zero-order chi connectivity index (χ0) is 15.9. The lowest BCUT2D eigenvalue weighted by atomic mass is 10.1. The van der Waals surface area contributed by atoms with Crippen LogP contribution in [0.25, 0.3) is 10.9 Å². The van der Waals surface area contributed by atoms with E-state index in [1.165, 1.54) is 10.9 Å². The zero-order valence-electron chi connectivity index (χ0n) is 12.5. The Balaban J connectivity index is 0.000000162. The van der Waals surface area contributed by atoms with Crippen molar-refractivity contribution in [2.75, 3.05) is 7.11 Å². The average molecular weight is 298 g/mol. The van der Waals surface area contributed by atoms with Gasteiger partial charge in [0.2, 0.25) is 0 Å². The molecule has 0 fully saturated rings. The molecule has 2 aromatic carbocycles. The first-order valence-corrected chi connectivity index (χ1v) is 6.83. The Kier molecular flexibility index (Phi) is 5.14. The number of carbonyl (C=O) groups is 1. The van der Waals surface area contributed by atoms with Gasteiger partial charge in [0.25, 0.3) is 0 Å². The van der Waals surface area contributed by atoms with Gasteiger partial charge in [-0.3, -0.25) is 9.89 Å². The lowest BCUT2D eigenvalue weighted by molar-refractivity contribution is -0.136. The lowest BCUT2D eigenvalue weighted by Gasteiger charge is -1.99. The molecule has 0 atom stereocenters. The van der Waals surface area contributed by atoms with Gasteiger partial charge in [-0.25, -0.2) is 0 Å². The van der Waals surface area contributed by atoms with Crippen LogP contribution in [0.5, 0.6) is 5.75 Å². The topological polar surface area (TPSA) is 75.2 Å². The smallest absolute Gasteiger partial charge is 0.307 e. The van der Waals surface area contributed by atoms with E-state index in [1.54, 1.807) is 31.4 Å². The zero-order valence-corrected chi connectivity index (χ0v) is 12.5. The first kappa shape index (κ1) is 15.6. The molecule has 3 aromatic rings. The minimum atomic E-state index is -0.819. The van der Waals surface area contributed by atoms with E-state index >= 15 is 0 Å². The van der Waals surface area contributed by atoms with Gasteiger partial charge < -0.3 is 9.84 Å². The number of H-pyrrole nitrogens is 1. The second-order valence-electron chi connectivity index (χ2n) is 4.82. The van der Waals surface area contributed by atoms with Crippen molar-refractivity contribution < 1.29 is 14.6 Å². The van der Waals surface area contributed by atoms with E-state index < -0.39 is 5.97 Å². The predicted octanol–water partition coefficient (Wildman–Crippen LogP) is 3.19. The van der Waals surface area contributed by atoms with Crippen LogP contribution in [-0.2, 0) is 11.2 Å². The van der Waals surface area contributed by atoms with Crippen LogP contribution < -0.4 is 4.74 Å². The first-order chi connectivity index (χ1) is 10.6. The molecule has 0 bridgehead atoms. The van der Waals surface area contributed by atoms with Crippen molar-refractivity contribution in [1.29, 1.82) is 0 Å². The van der Waals surface area contributed by atoms with Gasteiger partial charge >= 0.3 is 5.97 Å². The highest BCUT2D eigenvalue weighted by molar-refractivity contribution is 5.81. The van der Waals surface area contributed by atoms with E-state index in [1.807, 2.05) is 18.3 Å². The Morgan fingerprint density at radius 2 is 1.95 bits per heavy atom. The van der Waals surface area contributed by atoms with Gasteiger partial charge in [-0.1, -0.05) is 24.3 Å². The quantitative estimate of drug-likeness (QED) is 0.778. The fourth-order valence-electron chi connectivity index (χ4n) is 2.03. The summed E-state index contributed by atoms with van der Waals surface area (Å²) in [5.41, 5.74) is 3.16. The number of carboxylic acids is 1. The highest BCUT2D eigenvalue weighted by Gasteiger charge is 1.99. The van der Waals surface area contributed by atoms with E-state index in [0.717, 1.165) is 16.8 Å². The van der Waals surface area contributed by atoms with Crippen LogP contribution in [0, 0.1) is 6.92 Å². The molecule has 0 saturated heterocycles. The number of aromatic nitrogens is 2. The third kappa shape index (κ3) is 4.09. The Morgan fingerprint density at radius 3 is 2.55 bits per heavy atom.